The first-order valence-corrected chi connectivity index (χ1v) is 11.2. The molecular weight excluding hydrogens is 504 g/mol. The van der Waals surface area contributed by atoms with Gasteiger partial charge in [0.15, 0.2) is 28.6 Å². The molecule has 4 aromatic heterocycles. The molecule has 17 nitrogen and oxygen atoms in total. The Balaban J connectivity index is 0.000000155. The van der Waals surface area contributed by atoms with Gasteiger partial charge in [0.05, 0.1) is 24.9 Å². The number of terminal acetylenes is 1. The highest BCUT2D eigenvalue weighted by molar-refractivity contribution is 5.71. The summed E-state index contributed by atoms with van der Waals surface area (Å²) < 4.78 is 13.9. The summed E-state index contributed by atoms with van der Waals surface area (Å²) in [4.78, 5) is 54.6. The topological polar surface area (TPSA) is 255 Å². The number of nitrogens with one attached hydrogen (secondary N) is 2. The first kappa shape index (κ1) is 25.0. The van der Waals surface area contributed by atoms with Gasteiger partial charge in [-0.25, -0.2) is 9.97 Å². The van der Waals surface area contributed by atoms with Crippen LogP contribution in [0.25, 0.3) is 22.3 Å². The molecule has 17 heteroatoms. The number of nitrogens with zero attached hydrogens (tertiary/aromatic N) is 6. The van der Waals surface area contributed by atoms with E-state index in [4.69, 9.17) is 27.4 Å². The summed E-state index contributed by atoms with van der Waals surface area (Å²) in [6, 6.07) is 0. The summed E-state index contributed by atoms with van der Waals surface area (Å²) >= 11 is 0. The van der Waals surface area contributed by atoms with Gasteiger partial charge in [-0.05, 0) is 0 Å². The number of aromatic amines is 2. The van der Waals surface area contributed by atoms with Gasteiger partial charge in [-0.2, -0.15) is 9.97 Å². The van der Waals surface area contributed by atoms with Gasteiger partial charge in [0.2, 0.25) is 11.9 Å². The van der Waals surface area contributed by atoms with Crippen LogP contribution in [0.15, 0.2) is 22.2 Å². The van der Waals surface area contributed by atoms with E-state index in [-0.39, 0.29) is 35.0 Å². The van der Waals surface area contributed by atoms with Gasteiger partial charge in [-0.15, -0.1) is 6.42 Å². The van der Waals surface area contributed by atoms with E-state index in [9.17, 15) is 24.6 Å². The lowest BCUT2D eigenvalue weighted by molar-refractivity contribution is -0.122. The molecule has 2 aliphatic heterocycles. The van der Waals surface area contributed by atoms with Crippen LogP contribution in [0.2, 0.25) is 0 Å². The molecule has 6 heterocycles. The first-order valence-electron chi connectivity index (χ1n) is 11.2. The molecule has 2 saturated heterocycles. The van der Waals surface area contributed by atoms with Crippen LogP contribution in [0.3, 0.4) is 0 Å². The number of nitrogen functional groups attached to an aromatic ring is 2. The predicted molar refractivity (Wildman–Crippen MR) is 129 cm³/mol. The van der Waals surface area contributed by atoms with Crippen LogP contribution in [0.4, 0.5) is 11.9 Å². The molecule has 0 unspecified atom stereocenters. The number of aliphatic hydroxyl groups excluding tert-OH is 2. The fourth-order valence-corrected chi connectivity index (χ4v) is 4.25. The Bertz CT molecular complexity index is 1670. The highest BCUT2D eigenvalue weighted by Gasteiger charge is 2.36. The monoisotopic (exact) mass is 526 g/mol. The number of ether oxygens (including phenoxy) is 2. The van der Waals surface area contributed by atoms with Crippen molar-refractivity contribution in [2.24, 2.45) is 0 Å². The number of carbonyl (C=O) groups is 1. The van der Waals surface area contributed by atoms with Gasteiger partial charge >= 0.3 is 0 Å². The third-order valence-corrected chi connectivity index (χ3v) is 6.05. The molecule has 0 saturated carbocycles. The summed E-state index contributed by atoms with van der Waals surface area (Å²) in [5.41, 5.74) is 11.0. The highest BCUT2D eigenvalue weighted by Crippen LogP contribution is 2.30. The molecule has 6 atom stereocenters. The zero-order valence-corrected chi connectivity index (χ0v) is 19.5. The second-order valence-corrected chi connectivity index (χ2v) is 8.53. The van der Waals surface area contributed by atoms with E-state index in [0.29, 0.717) is 18.4 Å². The number of hydrogen-bond acceptors (Lipinski definition) is 13. The Labute approximate surface area is 211 Å². The van der Waals surface area contributed by atoms with Crippen molar-refractivity contribution in [1.29, 1.82) is 0 Å². The number of imidazole rings is 2. The number of aliphatic hydroxyl groups is 2. The second-order valence-electron chi connectivity index (χ2n) is 8.53. The number of hydrogen-bond donors (Lipinski definition) is 6. The molecule has 198 valence electrons. The quantitative estimate of drug-likeness (QED) is 0.120. The Morgan fingerprint density at radius 1 is 0.947 bits per heavy atom. The van der Waals surface area contributed by atoms with E-state index in [1.165, 1.54) is 17.2 Å². The van der Waals surface area contributed by atoms with E-state index in [1.807, 2.05) is 0 Å². The maximum absolute atomic E-state index is 11.6. The molecule has 38 heavy (non-hydrogen) atoms. The molecule has 0 amide bonds. The average molecular weight is 526 g/mol. The van der Waals surface area contributed by atoms with Gasteiger partial charge < -0.3 is 35.9 Å². The second kappa shape index (κ2) is 9.68. The third-order valence-electron chi connectivity index (χ3n) is 6.05. The Morgan fingerprint density at radius 3 is 1.89 bits per heavy atom. The van der Waals surface area contributed by atoms with E-state index < -0.39 is 48.0 Å². The van der Waals surface area contributed by atoms with Gasteiger partial charge in [-0.3, -0.25) is 28.7 Å². The van der Waals surface area contributed by atoms with Crippen molar-refractivity contribution in [2.75, 3.05) is 11.5 Å². The van der Waals surface area contributed by atoms with Crippen LogP contribution in [-0.2, 0) is 14.3 Å². The zero-order valence-electron chi connectivity index (χ0n) is 19.5. The van der Waals surface area contributed by atoms with Gasteiger partial charge in [0.1, 0.15) is 24.7 Å². The van der Waals surface area contributed by atoms with Gasteiger partial charge in [0, 0.05) is 12.8 Å². The molecule has 0 aromatic carbocycles. The number of rotatable bonds is 3. The normalized spacial score (nSPS) is 26.8. The minimum atomic E-state index is -0.890. The Kier molecular flexibility index (Phi) is 6.38. The molecule has 2 fully saturated rings. The zero-order chi connectivity index (χ0) is 27.1. The van der Waals surface area contributed by atoms with Crippen LogP contribution >= 0.6 is 0 Å². The summed E-state index contributed by atoms with van der Waals surface area (Å²) in [6.45, 7) is 0. The van der Waals surface area contributed by atoms with Crippen LogP contribution in [0.5, 0.6) is 0 Å². The minimum absolute atomic E-state index is 0.00806. The van der Waals surface area contributed by atoms with Gasteiger partial charge in [0.25, 0.3) is 11.1 Å². The molecule has 0 spiro atoms. The average Bonchev–Trinajstić information content (AvgIpc) is 3.64. The van der Waals surface area contributed by atoms with Crippen molar-refractivity contribution < 1.29 is 24.5 Å². The fraction of sp³-hybridized carbons (Fsp3) is 0.381. The number of aldehydes is 1. The number of anilines is 2. The standard InChI is InChI=1S/C11H11N5O3.C10H11N5O4/c1-2-6-5(17)3-7(19-6)16-4-13-8-9(16)14-11(12)15-10(8)18;11-10-13-8-7(9(18)14-10)12-3-15(8)6-1-4(17)5(2-16)19-6/h1,4-7,17H,3H2,(H3,12,14,15,18);2-6,17H,1H2,(H3,11,13,14,18)/t5-,6+,7+;4-,5+,6+/m00/s1. The van der Waals surface area contributed by atoms with Crippen LogP contribution in [0, 0.1) is 12.3 Å². The lowest BCUT2D eigenvalue weighted by atomic mass is 10.2. The van der Waals surface area contributed by atoms with E-state index in [0.717, 1.165) is 0 Å². The molecule has 0 bridgehead atoms. The molecule has 2 aliphatic rings. The van der Waals surface area contributed by atoms with Crippen LogP contribution in [0.1, 0.15) is 25.3 Å². The Hall–Kier alpha value is -4.63. The number of fused-ring (bicyclic) bond motifs is 2. The van der Waals surface area contributed by atoms with E-state index >= 15 is 0 Å². The summed E-state index contributed by atoms with van der Waals surface area (Å²) in [5, 5.41) is 19.4. The highest BCUT2D eigenvalue weighted by atomic mass is 16.5. The Morgan fingerprint density at radius 2 is 1.45 bits per heavy atom. The predicted octanol–water partition coefficient (Wildman–Crippen LogP) is -2.47. The summed E-state index contributed by atoms with van der Waals surface area (Å²) in [5.74, 6) is 2.31. The number of nitrogens with two attached hydrogens (primary N) is 2. The molecule has 0 aliphatic carbocycles. The largest absolute Gasteiger partial charge is 0.390 e. The maximum atomic E-state index is 11.6. The van der Waals surface area contributed by atoms with Crippen molar-refractivity contribution in [3.8, 4) is 12.3 Å². The van der Waals surface area contributed by atoms with Crippen molar-refractivity contribution >= 4 is 40.5 Å². The number of H-pyrrole nitrogens is 2. The van der Waals surface area contributed by atoms with Crippen molar-refractivity contribution in [1.82, 2.24) is 39.0 Å². The molecule has 0 radical (unpaired) electrons. The summed E-state index contributed by atoms with van der Waals surface area (Å²) in [7, 11) is 0. The lowest BCUT2D eigenvalue weighted by Gasteiger charge is -2.11. The van der Waals surface area contributed by atoms with Gasteiger partial charge in [-0.1, -0.05) is 5.92 Å². The smallest absolute Gasteiger partial charge is 0.280 e. The van der Waals surface area contributed by atoms with Crippen molar-refractivity contribution in [2.45, 2.75) is 49.7 Å². The van der Waals surface area contributed by atoms with Crippen LogP contribution in [-0.4, -0.2) is 80.0 Å². The number of aromatic nitrogens is 8. The fourth-order valence-electron chi connectivity index (χ4n) is 4.25. The first-order chi connectivity index (χ1) is 18.2. The summed E-state index contributed by atoms with van der Waals surface area (Å²) in [6.07, 6.45) is 4.75. The third kappa shape index (κ3) is 4.37. The van der Waals surface area contributed by atoms with E-state index in [1.54, 1.807) is 4.57 Å². The molecule has 8 N–H and O–H groups in total. The molecular formula is C21H22N10O7. The van der Waals surface area contributed by atoms with E-state index in [2.05, 4.69) is 35.8 Å². The number of carbonyl (C=O) groups excluding carboxylic acids is 1. The minimum Gasteiger partial charge on any atom is -0.390 e. The van der Waals surface area contributed by atoms with Crippen molar-refractivity contribution in [3.05, 3.63) is 33.4 Å². The molecule has 6 rings (SSSR count). The SMILES string of the molecule is C#C[C@H]1O[C@@H](n2cnc3c(=O)[nH]c(N)nc32)C[C@@H]1O.Nc1nc2c(ncn2[C@H]2C[C@H](O)[C@@H](C=O)O2)c(=O)[nH]1. The lowest BCUT2D eigenvalue weighted by Crippen LogP contribution is -2.21. The molecule has 4 aromatic rings. The van der Waals surface area contributed by atoms with Crippen LogP contribution < -0.4 is 22.6 Å². The van der Waals surface area contributed by atoms with Crippen molar-refractivity contribution in [3.63, 3.8) is 0 Å². The maximum Gasteiger partial charge on any atom is 0.280 e.